The molecule has 1 amide bonds. The number of aliphatic hydroxyl groups excluding tert-OH is 2. The molecule has 2 N–H and O–H groups in total. The second kappa shape index (κ2) is 6.09. The number of nitrogens with zero attached hydrogens (tertiary/aromatic N) is 1. The van der Waals surface area contributed by atoms with Crippen LogP contribution in [0.3, 0.4) is 0 Å². The molecule has 0 radical (unpaired) electrons. The normalized spacial score (nSPS) is 21.1. The van der Waals surface area contributed by atoms with E-state index in [1.54, 1.807) is 11.8 Å². The molecular formula is C14H27NO4. The lowest BCUT2D eigenvalue weighted by Crippen LogP contribution is -2.47. The highest BCUT2D eigenvalue weighted by Crippen LogP contribution is 2.36. The molecule has 1 heterocycles. The molecule has 1 saturated heterocycles. The zero-order valence-electron chi connectivity index (χ0n) is 12.5. The number of hydrogen-bond donors (Lipinski definition) is 2. The average molecular weight is 273 g/mol. The highest BCUT2D eigenvalue weighted by molar-refractivity contribution is 5.68. The van der Waals surface area contributed by atoms with Gasteiger partial charge in [0.05, 0.1) is 6.10 Å². The number of piperidine rings is 1. The monoisotopic (exact) mass is 273 g/mol. The van der Waals surface area contributed by atoms with Crippen LogP contribution in [0.2, 0.25) is 0 Å². The van der Waals surface area contributed by atoms with Gasteiger partial charge >= 0.3 is 6.09 Å². The van der Waals surface area contributed by atoms with Crippen LogP contribution in [0, 0.1) is 5.41 Å². The quantitative estimate of drug-likeness (QED) is 0.822. The van der Waals surface area contributed by atoms with Gasteiger partial charge < -0.3 is 19.8 Å². The van der Waals surface area contributed by atoms with E-state index in [4.69, 9.17) is 4.74 Å². The van der Waals surface area contributed by atoms with E-state index in [1.165, 1.54) is 0 Å². The summed E-state index contributed by atoms with van der Waals surface area (Å²) in [6.45, 7) is 8.48. The molecule has 1 aliphatic heterocycles. The van der Waals surface area contributed by atoms with Crippen molar-refractivity contribution in [2.75, 3.05) is 19.7 Å². The number of rotatable bonds is 3. The van der Waals surface area contributed by atoms with Crippen LogP contribution in [-0.2, 0) is 4.74 Å². The van der Waals surface area contributed by atoms with Gasteiger partial charge in [-0.05, 0) is 52.4 Å². The van der Waals surface area contributed by atoms with Crippen LogP contribution in [0.5, 0.6) is 0 Å². The van der Waals surface area contributed by atoms with Gasteiger partial charge in [-0.15, -0.1) is 0 Å². The Balaban J connectivity index is 2.54. The summed E-state index contributed by atoms with van der Waals surface area (Å²) >= 11 is 0. The second-order valence-electron chi connectivity index (χ2n) is 6.68. The molecule has 0 aromatic heterocycles. The summed E-state index contributed by atoms with van der Waals surface area (Å²) in [4.78, 5) is 13.6. The van der Waals surface area contributed by atoms with Gasteiger partial charge in [0.15, 0.2) is 0 Å². The SMILES string of the molecule is C[C@H](O)CC1(CO)CCN(C(=O)OC(C)(C)C)CC1. The van der Waals surface area contributed by atoms with Crippen molar-refractivity contribution in [1.29, 1.82) is 0 Å². The molecule has 1 aliphatic rings. The van der Waals surface area contributed by atoms with E-state index in [-0.39, 0.29) is 18.1 Å². The lowest BCUT2D eigenvalue weighted by Gasteiger charge is -2.41. The first-order chi connectivity index (χ1) is 8.67. The van der Waals surface area contributed by atoms with Crippen molar-refractivity contribution in [2.45, 2.75) is 58.7 Å². The summed E-state index contributed by atoms with van der Waals surface area (Å²) in [6.07, 6.45) is 1.25. The molecule has 0 aliphatic carbocycles. The number of aliphatic hydroxyl groups is 2. The van der Waals surface area contributed by atoms with E-state index >= 15 is 0 Å². The standard InChI is InChI=1S/C14H27NO4/c1-11(17)9-14(10-16)5-7-15(8-6-14)12(18)19-13(2,3)4/h11,16-17H,5-10H2,1-4H3/t11-/m0/s1. The average Bonchev–Trinajstić information content (AvgIpc) is 2.26. The summed E-state index contributed by atoms with van der Waals surface area (Å²) in [5.74, 6) is 0. The summed E-state index contributed by atoms with van der Waals surface area (Å²) in [5.41, 5.74) is -0.741. The molecule has 1 rings (SSSR count). The number of amides is 1. The van der Waals surface area contributed by atoms with Crippen molar-refractivity contribution in [3.8, 4) is 0 Å². The highest BCUT2D eigenvalue weighted by atomic mass is 16.6. The fourth-order valence-electron chi connectivity index (χ4n) is 2.54. The number of ether oxygens (including phenoxy) is 1. The maximum atomic E-state index is 11.9. The lowest BCUT2D eigenvalue weighted by molar-refractivity contribution is -0.0146. The van der Waals surface area contributed by atoms with Crippen LogP contribution in [0.1, 0.15) is 47.0 Å². The van der Waals surface area contributed by atoms with Crippen LogP contribution >= 0.6 is 0 Å². The molecule has 0 bridgehead atoms. The zero-order chi connectivity index (χ0) is 14.7. The Morgan fingerprint density at radius 2 is 1.89 bits per heavy atom. The number of carbonyl (C=O) groups is 1. The minimum Gasteiger partial charge on any atom is -0.444 e. The Bertz CT molecular complexity index is 301. The van der Waals surface area contributed by atoms with E-state index in [1.807, 2.05) is 20.8 Å². The molecule has 0 aromatic rings. The van der Waals surface area contributed by atoms with Gasteiger partial charge in [0, 0.05) is 19.7 Å². The summed E-state index contributed by atoms with van der Waals surface area (Å²) < 4.78 is 5.34. The maximum Gasteiger partial charge on any atom is 0.410 e. The largest absolute Gasteiger partial charge is 0.444 e. The van der Waals surface area contributed by atoms with Crippen LogP contribution in [-0.4, -0.2) is 52.6 Å². The van der Waals surface area contributed by atoms with Crippen molar-refractivity contribution < 1.29 is 19.7 Å². The molecule has 0 saturated carbocycles. The number of hydrogen-bond acceptors (Lipinski definition) is 4. The van der Waals surface area contributed by atoms with Crippen LogP contribution < -0.4 is 0 Å². The molecule has 0 aromatic carbocycles. The second-order valence-corrected chi connectivity index (χ2v) is 6.68. The van der Waals surface area contributed by atoms with Crippen LogP contribution in [0.15, 0.2) is 0 Å². The van der Waals surface area contributed by atoms with Gasteiger partial charge in [0.25, 0.3) is 0 Å². The number of carbonyl (C=O) groups excluding carboxylic acids is 1. The Morgan fingerprint density at radius 3 is 2.26 bits per heavy atom. The van der Waals surface area contributed by atoms with Gasteiger partial charge in [-0.25, -0.2) is 4.79 Å². The highest BCUT2D eigenvalue weighted by Gasteiger charge is 2.37. The van der Waals surface area contributed by atoms with Gasteiger partial charge in [-0.1, -0.05) is 0 Å². The fourth-order valence-corrected chi connectivity index (χ4v) is 2.54. The van der Waals surface area contributed by atoms with Crippen molar-refractivity contribution in [2.24, 2.45) is 5.41 Å². The third-order valence-corrected chi connectivity index (χ3v) is 3.54. The third kappa shape index (κ3) is 4.99. The Kier molecular flexibility index (Phi) is 5.21. The minimum absolute atomic E-state index is 0.0556. The molecule has 112 valence electrons. The summed E-state index contributed by atoms with van der Waals surface area (Å²) in [6, 6.07) is 0. The smallest absolute Gasteiger partial charge is 0.410 e. The van der Waals surface area contributed by atoms with E-state index in [9.17, 15) is 15.0 Å². The summed E-state index contributed by atoms with van der Waals surface area (Å²) in [5, 5.41) is 19.1. The summed E-state index contributed by atoms with van der Waals surface area (Å²) in [7, 11) is 0. The predicted octanol–water partition coefficient (Wildman–Crippen LogP) is 1.77. The first-order valence-corrected chi connectivity index (χ1v) is 6.94. The third-order valence-electron chi connectivity index (χ3n) is 3.54. The molecule has 0 spiro atoms. The Labute approximate surface area is 115 Å². The molecule has 1 fully saturated rings. The van der Waals surface area contributed by atoms with Crippen molar-refractivity contribution in [3.05, 3.63) is 0 Å². The first-order valence-electron chi connectivity index (χ1n) is 6.94. The van der Waals surface area contributed by atoms with Gasteiger partial charge in [-0.3, -0.25) is 0 Å². The van der Waals surface area contributed by atoms with Gasteiger partial charge in [0.2, 0.25) is 0 Å². The molecule has 0 unspecified atom stereocenters. The van der Waals surface area contributed by atoms with Crippen molar-refractivity contribution in [3.63, 3.8) is 0 Å². The van der Waals surface area contributed by atoms with Crippen molar-refractivity contribution in [1.82, 2.24) is 4.90 Å². The van der Waals surface area contributed by atoms with Crippen LogP contribution in [0.4, 0.5) is 4.79 Å². The van der Waals surface area contributed by atoms with Crippen LogP contribution in [0.25, 0.3) is 0 Å². The van der Waals surface area contributed by atoms with E-state index in [0.717, 1.165) is 0 Å². The van der Waals surface area contributed by atoms with E-state index < -0.39 is 11.7 Å². The fraction of sp³-hybridized carbons (Fsp3) is 0.929. The minimum atomic E-state index is -0.484. The number of likely N-dealkylation sites (tertiary alicyclic amines) is 1. The lowest BCUT2D eigenvalue weighted by atomic mass is 9.75. The maximum absolute atomic E-state index is 11.9. The molecule has 19 heavy (non-hydrogen) atoms. The van der Waals surface area contributed by atoms with Crippen molar-refractivity contribution >= 4 is 6.09 Å². The zero-order valence-corrected chi connectivity index (χ0v) is 12.5. The van der Waals surface area contributed by atoms with Gasteiger partial charge in [-0.2, -0.15) is 0 Å². The van der Waals surface area contributed by atoms with E-state index in [0.29, 0.717) is 32.4 Å². The predicted molar refractivity (Wildman–Crippen MR) is 72.9 cm³/mol. The molecule has 1 atom stereocenters. The first kappa shape index (κ1) is 16.2. The molecule has 5 heteroatoms. The Hall–Kier alpha value is -0.810. The Morgan fingerprint density at radius 1 is 1.37 bits per heavy atom. The van der Waals surface area contributed by atoms with E-state index in [2.05, 4.69) is 0 Å². The molecular weight excluding hydrogens is 246 g/mol. The topological polar surface area (TPSA) is 70.0 Å². The molecule has 5 nitrogen and oxygen atoms in total. The van der Waals surface area contributed by atoms with Gasteiger partial charge in [0.1, 0.15) is 5.60 Å².